The maximum atomic E-state index is 12.5. The molecule has 1 saturated heterocycles. The summed E-state index contributed by atoms with van der Waals surface area (Å²) in [5, 5.41) is 10.1. The summed E-state index contributed by atoms with van der Waals surface area (Å²) in [7, 11) is 1.30. The van der Waals surface area contributed by atoms with Crippen LogP contribution >= 0.6 is 11.6 Å². The third-order valence-corrected chi connectivity index (χ3v) is 4.71. The Hall–Kier alpha value is -2.61. The first-order valence-electron chi connectivity index (χ1n) is 8.30. The fraction of sp³-hybridized carbons (Fsp3) is 0.412. The number of methoxy groups -OCH3 is 1. The Bertz CT molecular complexity index is 814. The summed E-state index contributed by atoms with van der Waals surface area (Å²) in [6.45, 7) is 3.10. The quantitative estimate of drug-likeness (QED) is 0.801. The van der Waals surface area contributed by atoms with E-state index < -0.39 is 5.97 Å². The van der Waals surface area contributed by atoms with Gasteiger partial charge >= 0.3 is 12.0 Å². The molecule has 26 heavy (non-hydrogen) atoms. The van der Waals surface area contributed by atoms with Crippen LogP contribution in [0.25, 0.3) is 0 Å². The lowest BCUT2D eigenvalue weighted by atomic mass is 9.96. The Morgan fingerprint density at radius 2 is 2.08 bits per heavy atom. The first-order valence-corrected chi connectivity index (χ1v) is 8.68. The Labute approximate surface area is 155 Å². The van der Waals surface area contributed by atoms with E-state index in [9.17, 15) is 9.59 Å². The third-order valence-electron chi connectivity index (χ3n) is 4.39. The molecule has 2 amide bonds. The van der Waals surface area contributed by atoms with E-state index in [-0.39, 0.29) is 17.0 Å². The first kappa shape index (κ1) is 18.2. The van der Waals surface area contributed by atoms with Crippen LogP contribution in [0.15, 0.2) is 18.2 Å². The molecule has 0 radical (unpaired) electrons. The number of esters is 1. The van der Waals surface area contributed by atoms with Crippen LogP contribution in [0.1, 0.15) is 40.8 Å². The van der Waals surface area contributed by atoms with E-state index in [0.717, 1.165) is 24.5 Å². The maximum absolute atomic E-state index is 12.5. The number of rotatable bonds is 3. The number of nitrogens with zero attached hydrogens (tertiary/aromatic N) is 3. The smallest absolute Gasteiger partial charge is 0.337 e. The van der Waals surface area contributed by atoms with Gasteiger partial charge in [0, 0.05) is 19.0 Å². The number of likely N-dealkylation sites (tertiary alicyclic amines) is 1. The van der Waals surface area contributed by atoms with Gasteiger partial charge < -0.3 is 15.0 Å². The lowest BCUT2D eigenvalue weighted by molar-refractivity contribution is 0.0600. The van der Waals surface area contributed by atoms with Crippen molar-refractivity contribution in [1.82, 2.24) is 20.1 Å². The van der Waals surface area contributed by atoms with E-state index in [0.29, 0.717) is 24.3 Å². The van der Waals surface area contributed by atoms with E-state index in [1.54, 1.807) is 17.0 Å². The number of aryl methyl sites for hydroxylation is 1. The third kappa shape index (κ3) is 3.96. The van der Waals surface area contributed by atoms with Crippen LogP contribution in [0.3, 0.4) is 0 Å². The number of halogens is 1. The standard InChI is InChI=1S/C17H20ClN5O3/c1-10-19-15(22-21-10)11-5-7-23(8-6-11)17(25)20-14-4-3-12(9-13(14)18)16(24)26-2/h3-4,9,11H,5-8H2,1-2H3,(H,20,25)(H,19,21,22). The van der Waals surface area contributed by atoms with Crippen molar-refractivity contribution < 1.29 is 14.3 Å². The molecule has 1 aromatic carbocycles. The molecule has 1 aromatic heterocycles. The molecular weight excluding hydrogens is 358 g/mol. The molecule has 2 aromatic rings. The first-order chi connectivity index (χ1) is 12.5. The molecular formula is C17H20ClN5O3. The van der Waals surface area contributed by atoms with Crippen molar-refractivity contribution in [3.63, 3.8) is 0 Å². The Morgan fingerprint density at radius 1 is 1.35 bits per heavy atom. The van der Waals surface area contributed by atoms with E-state index in [2.05, 4.69) is 25.2 Å². The number of anilines is 1. The van der Waals surface area contributed by atoms with Gasteiger partial charge in [0.25, 0.3) is 0 Å². The predicted octanol–water partition coefficient (Wildman–Crippen LogP) is 2.96. The van der Waals surface area contributed by atoms with Crippen molar-refractivity contribution in [3.05, 3.63) is 40.4 Å². The summed E-state index contributed by atoms with van der Waals surface area (Å²) in [5.41, 5.74) is 0.786. The fourth-order valence-electron chi connectivity index (χ4n) is 2.94. The molecule has 0 bridgehead atoms. The summed E-state index contributed by atoms with van der Waals surface area (Å²) in [6, 6.07) is 4.41. The van der Waals surface area contributed by atoms with Crippen molar-refractivity contribution in [2.75, 3.05) is 25.5 Å². The zero-order valence-electron chi connectivity index (χ0n) is 14.6. The normalized spacial score (nSPS) is 15.0. The molecule has 1 aliphatic rings. The summed E-state index contributed by atoms with van der Waals surface area (Å²) in [5.74, 6) is 1.38. The van der Waals surface area contributed by atoms with Gasteiger partial charge in [-0.25, -0.2) is 14.6 Å². The minimum Gasteiger partial charge on any atom is -0.465 e. The summed E-state index contributed by atoms with van der Waals surface area (Å²) >= 11 is 6.16. The number of benzene rings is 1. The molecule has 1 aliphatic heterocycles. The molecule has 9 heteroatoms. The number of urea groups is 1. The van der Waals surface area contributed by atoms with Crippen molar-refractivity contribution in [3.8, 4) is 0 Å². The molecule has 2 N–H and O–H groups in total. The molecule has 0 atom stereocenters. The average molecular weight is 378 g/mol. The molecule has 0 saturated carbocycles. The van der Waals surface area contributed by atoms with Crippen LogP contribution in [0, 0.1) is 6.92 Å². The molecule has 0 unspecified atom stereocenters. The largest absolute Gasteiger partial charge is 0.465 e. The van der Waals surface area contributed by atoms with Gasteiger partial charge in [-0.15, -0.1) is 0 Å². The van der Waals surface area contributed by atoms with E-state index in [4.69, 9.17) is 11.6 Å². The molecule has 138 valence electrons. The number of carbonyl (C=O) groups excluding carboxylic acids is 2. The monoisotopic (exact) mass is 377 g/mol. The van der Waals surface area contributed by atoms with Crippen LogP contribution < -0.4 is 5.32 Å². The highest BCUT2D eigenvalue weighted by atomic mass is 35.5. The maximum Gasteiger partial charge on any atom is 0.337 e. The molecule has 0 spiro atoms. The minimum absolute atomic E-state index is 0.220. The van der Waals surface area contributed by atoms with Crippen molar-refractivity contribution in [1.29, 1.82) is 0 Å². The van der Waals surface area contributed by atoms with Gasteiger partial charge in [-0.2, -0.15) is 5.10 Å². The van der Waals surface area contributed by atoms with Crippen molar-refractivity contribution in [2.24, 2.45) is 0 Å². The highest BCUT2D eigenvalue weighted by Gasteiger charge is 2.26. The summed E-state index contributed by atoms with van der Waals surface area (Å²) < 4.78 is 4.65. The summed E-state index contributed by atoms with van der Waals surface area (Å²) in [6.07, 6.45) is 1.61. The Balaban J connectivity index is 1.58. The van der Waals surface area contributed by atoms with Crippen LogP contribution in [-0.2, 0) is 4.74 Å². The average Bonchev–Trinajstić information content (AvgIpc) is 3.09. The van der Waals surface area contributed by atoms with Crippen molar-refractivity contribution in [2.45, 2.75) is 25.7 Å². The molecule has 3 rings (SSSR count). The predicted molar refractivity (Wildman–Crippen MR) is 96.5 cm³/mol. The van der Waals surface area contributed by atoms with Gasteiger partial charge in [0.05, 0.1) is 23.4 Å². The van der Waals surface area contributed by atoms with Gasteiger partial charge in [0.1, 0.15) is 5.82 Å². The second-order valence-electron chi connectivity index (χ2n) is 6.16. The van der Waals surface area contributed by atoms with Crippen molar-refractivity contribution >= 4 is 29.3 Å². The van der Waals surface area contributed by atoms with Crippen LogP contribution in [-0.4, -0.2) is 52.3 Å². The number of amides is 2. The number of H-pyrrole nitrogens is 1. The topological polar surface area (TPSA) is 100 Å². The molecule has 1 fully saturated rings. The number of hydrogen-bond acceptors (Lipinski definition) is 5. The van der Waals surface area contributed by atoms with E-state index in [1.807, 2.05) is 6.92 Å². The van der Waals surface area contributed by atoms with E-state index in [1.165, 1.54) is 13.2 Å². The lowest BCUT2D eigenvalue weighted by Gasteiger charge is -2.30. The van der Waals surface area contributed by atoms with Crippen LogP contribution in [0.5, 0.6) is 0 Å². The minimum atomic E-state index is -0.478. The van der Waals surface area contributed by atoms with Crippen LogP contribution in [0.2, 0.25) is 5.02 Å². The number of nitrogens with one attached hydrogen (secondary N) is 2. The Kier molecular flexibility index (Phi) is 5.41. The number of aromatic amines is 1. The number of hydrogen-bond donors (Lipinski definition) is 2. The van der Waals surface area contributed by atoms with Gasteiger partial charge in [0.15, 0.2) is 5.82 Å². The molecule has 8 nitrogen and oxygen atoms in total. The highest BCUT2D eigenvalue weighted by molar-refractivity contribution is 6.34. The molecule has 0 aliphatic carbocycles. The Morgan fingerprint density at radius 3 is 2.65 bits per heavy atom. The zero-order valence-corrected chi connectivity index (χ0v) is 15.3. The second-order valence-corrected chi connectivity index (χ2v) is 6.56. The zero-order chi connectivity index (χ0) is 18.7. The van der Waals surface area contributed by atoms with E-state index >= 15 is 0 Å². The number of ether oxygens (including phenoxy) is 1. The molecule has 2 heterocycles. The number of piperidine rings is 1. The van der Waals surface area contributed by atoms with Crippen LogP contribution in [0.4, 0.5) is 10.5 Å². The SMILES string of the molecule is COC(=O)c1ccc(NC(=O)N2CCC(c3n[nH]c(C)n3)CC2)c(Cl)c1. The number of aromatic nitrogens is 3. The second kappa shape index (κ2) is 7.74. The van der Waals surface area contributed by atoms with Gasteiger partial charge in [-0.05, 0) is 38.0 Å². The summed E-state index contributed by atoms with van der Waals surface area (Å²) in [4.78, 5) is 30.1. The van der Waals surface area contributed by atoms with Gasteiger partial charge in [0.2, 0.25) is 0 Å². The fourth-order valence-corrected chi connectivity index (χ4v) is 3.17. The van der Waals surface area contributed by atoms with Gasteiger partial charge in [-0.3, -0.25) is 5.10 Å². The highest BCUT2D eigenvalue weighted by Crippen LogP contribution is 2.27. The number of carbonyl (C=O) groups is 2. The van der Waals surface area contributed by atoms with Gasteiger partial charge in [-0.1, -0.05) is 11.6 Å². The lowest BCUT2D eigenvalue weighted by Crippen LogP contribution is -2.40.